The normalized spacial score (nSPS) is 15.2. The number of aliphatic carboxylic acids is 1. The molecule has 2 rings (SSSR count). The molecule has 0 aliphatic carbocycles. The molecule has 2 N–H and O–H groups in total. The van der Waals surface area contributed by atoms with E-state index in [1.807, 2.05) is 0 Å². The van der Waals surface area contributed by atoms with Gasteiger partial charge < -0.3 is 15.3 Å². The lowest BCUT2D eigenvalue weighted by molar-refractivity contribution is -0.137. The Morgan fingerprint density at radius 1 is 1.17 bits per heavy atom. The molecule has 0 bridgehead atoms. The van der Waals surface area contributed by atoms with E-state index in [2.05, 4.69) is 20.2 Å². The van der Waals surface area contributed by atoms with Gasteiger partial charge in [0.25, 0.3) is 0 Å². The molecular formula is C17H26N4O3. The zero-order valence-electron chi connectivity index (χ0n) is 14.0. The van der Waals surface area contributed by atoms with Crippen molar-refractivity contribution in [3.63, 3.8) is 0 Å². The van der Waals surface area contributed by atoms with Gasteiger partial charge in [0.1, 0.15) is 5.82 Å². The van der Waals surface area contributed by atoms with E-state index in [-0.39, 0.29) is 18.2 Å². The first-order valence-electron chi connectivity index (χ1n) is 8.67. The minimum atomic E-state index is -0.740. The highest BCUT2D eigenvalue weighted by molar-refractivity contribution is 5.78. The Bertz CT molecular complexity index is 516. The predicted molar refractivity (Wildman–Crippen MR) is 90.7 cm³/mol. The molecule has 0 atom stereocenters. The Balaban J connectivity index is 1.57. The van der Waals surface area contributed by atoms with Crippen molar-refractivity contribution in [2.45, 2.75) is 44.9 Å². The third-order valence-corrected chi connectivity index (χ3v) is 4.36. The number of hydrogen-bond acceptors (Lipinski definition) is 5. The molecule has 1 amide bonds. The molecule has 0 saturated carbocycles. The number of anilines is 1. The molecule has 2 heterocycles. The number of carbonyl (C=O) groups excluding carboxylic acids is 1. The number of nitrogens with one attached hydrogen (secondary N) is 1. The summed E-state index contributed by atoms with van der Waals surface area (Å²) in [5.74, 6) is 0.345. The van der Waals surface area contributed by atoms with Crippen molar-refractivity contribution in [1.29, 1.82) is 0 Å². The van der Waals surface area contributed by atoms with E-state index >= 15 is 0 Å². The van der Waals surface area contributed by atoms with Crippen LogP contribution in [0.1, 0.15) is 44.9 Å². The number of piperidine rings is 1. The minimum Gasteiger partial charge on any atom is -0.481 e. The summed E-state index contributed by atoms with van der Waals surface area (Å²) >= 11 is 0. The minimum absolute atomic E-state index is 0.0740. The van der Waals surface area contributed by atoms with Gasteiger partial charge in [-0.05, 0) is 25.7 Å². The second-order valence-corrected chi connectivity index (χ2v) is 6.17. The van der Waals surface area contributed by atoms with Crippen LogP contribution < -0.4 is 10.2 Å². The second-order valence-electron chi connectivity index (χ2n) is 6.17. The van der Waals surface area contributed by atoms with Crippen molar-refractivity contribution in [1.82, 2.24) is 15.3 Å². The fourth-order valence-electron chi connectivity index (χ4n) is 2.94. The third-order valence-electron chi connectivity index (χ3n) is 4.36. The molecular weight excluding hydrogens is 308 g/mol. The lowest BCUT2D eigenvalue weighted by Gasteiger charge is -2.31. The van der Waals surface area contributed by atoms with E-state index < -0.39 is 5.97 Å². The molecule has 7 heteroatoms. The average Bonchev–Trinajstić information content (AvgIpc) is 2.61. The van der Waals surface area contributed by atoms with Gasteiger partial charge in [-0.15, -0.1) is 0 Å². The molecule has 24 heavy (non-hydrogen) atoms. The Hall–Kier alpha value is -2.18. The smallest absolute Gasteiger partial charge is 0.303 e. The Morgan fingerprint density at radius 3 is 2.58 bits per heavy atom. The molecule has 1 fully saturated rings. The summed E-state index contributed by atoms with van der Waals surface area (Å²) in [5.41, 5.74) is 0. The third kappa shape index (κ3) is 6.14. The largest absolute Gasteiger partial charge is 0.481 e. The van der Waals surface area contributed by atoms with Crippen LogP contribution in [-0.2, 0) is 9.59 Å². The maximum Gasteiger partial charge on any atom is 0.303 e. The Morgan fingerprint density at radius 2 is 1.92 bits per heavy atom. The Labute approximate surface area is 142 Å². The summed E-state index contributed by atoms with van der Waals surface area (Å²) in [6.07, 6.45) is 10.5. The van der Waals surface area contributed by atoms with Crippen molar-refractivity contribution in [3.05, 3.63) is 18.6 Å². The zero-order valence-corrected chi connectivity index (χ0v) is 14.0. The quantitative estimate of drug-likeness (QED) is 0.669. The standard InChI is InChI=1S/C17H26N4O3/c22-16(23)5-3-1-2-4-8-20-17(24)14-6-11-21(12-7-14)15-13-18-9-10-19-15/h9-10,13-14H,1-8,11-12H2,(H,20,24)(H,22,23). The molecule has 7 nitrogen and oxygen atoms in total. The summed E-state index contributed by atoms with van der Waals surface area (Å²) in [5, 5.41) is 11.6. The highest BCUT2D eigenvalue weighted by Gasteiger charge is 2.25. The summed E-state index contributed by atoms with van der Waals surface area (Å²) in [6, 6.07) is 0. The topological polar surface area (TPSA) is 95.4 Å². The highest BCUT2D eigenvalue weighted by atomic mass is 16.4. The van der Waals surface area contributed by atoms with Crippen molar-refractivity contribution >= 4 is 17.7 Å². The van der Waals surface area contributed by atoms with E-state index in [4.69, 9.17) is 5.11 Å². The first-order valence-corrected chi connectivity index (χ1v) is 8.67. The molecule has 0 aromatic carbocycles. The summed E-state index contributed by atoms with van der Waals surface area (Å²) in [4.78, 5) is 33.1. The molecule has 132 valence electrons. The number of nitrogens with zero attached hydrogens (tertiary/aromatic N) is 3. The summed E-state index contributed by atoms with van der Waals surface area (Å²) in [7, 11) is 0. The van der Waals surface area contributed by atoms with Gasteiger partial charge in [0, 0.05) is 44.4 Å². The van der Waals surface area contributed by atoms with E-state index in [1.54, 1.807) is 18.6 Å². The van der Waals surface area contributed by atoms with Gasteiger partial charge in [-0.3, -0.25) is 14.6 Å². The monoisotopic (exact) mass is 334 g/mol. The van der Waals surface area contributed by atoms with E-state index in [1.165, 1.54) is 0 Å². The van der Waals surface area contributed by atoms with Crippen molar-refractivity contribution in [2.24, 2.45) is 5.92 Å². The van der Waals surface area contributed by atoms with Gasteiger partial charge in [-0.2, -0.15) is 0 Å². The van der Waals surface area contributed by atoms with Crippen LogP contribution in [0.15, 0.2) is 18.6 Å². The van der Waals surface area contributed by atoms with Crippen LogP contribution in [0.4, 0.5) is 5.82 Å². The van der Waals surface area contributed by atoms with Crippen LogP contribution in [0.2, 0.25) is 0 Å². The highest BCUT2D eigenvalue weighted by Crippen LogP contribution is 2.21. The number of amides is 1. The molecule has 0 spiro atoms. The SMILES string of the molecule is O=C(O)CCCCCCNC(=O)C1CCN(c2cnccn2)CC1. The van der Waals surface area contributed by atoms with Gasteiger partial charge in [0.2, 0.25) is 5.91 Å². The van der Waals surface area contributed by atoms with Crippen molar-refractivity contribution in [3.8, 4) is 0 Å². The van der Waals surface area contributed by atoms with E-state index in [9.17, 15) is 9.59 Å². The zero-order chi connectivity index (χ0) is 17.2. The fraction of sp³-hybridized carbons (Fsp3) is 0.647. The predicted octanol–water partition coefficient (Wildman–Crippen LogP) is 1.84. The van der Waals surface area contributed by atoms with Crippen LogP contribution in [-0.4, -0.2) is 46.6 Å². The molecule has 1 aromatic heterocycles. The van der Waals surface area contributed by atoms with Gasteiger partial charge in [0.15, 0.2) is 0 Å². The van der Waals surface area contributed by atoms with E-state index in [0.29, 0.717) is 13.0 Å². The molecule has 1 aromatic rings. The van der Waals surface area contributed by atoms with Crippen LogP contribution in [0.25, 0.3) is 0 Å². The maximum absolute atomic E-state index is 12.2. The van der Waals surface area contributed by atoms with Crippen LogP contribution in [0, 0.1) is 5.92 Å². The maximum atomic E-state index is 12.2. The van der Waals surface area contributed by atoms with Gasteiger partial charge in [0.05, 0.1) is 6.20 Å². The number of rotatable bonds is 9. The fourth-order valence-corrected chi connectivity index (χ4v) is 2.94. The average molecular weight is 334 g/mol. The van der Waals surface area contributed by atoms with Gasteiger partial charge >= 0.3 is 5.97 Å². The number of aromatic nitrogens is 2. The lowest BCUT2D eigenvalue weighted by Crippen LogP contribution is -2.41. The number of hydrogen-bond donors (Lipinski definition) is 2. The van der Waals surface area contributed by atoms with Crippen molar-refractivity contribution in [2.75, 3.05) is 24.5 Å². The molecule has 1 saturated heterocycles. The first kappa shape index (κ1) is 18.2. The van der Waals surface area contributed by atoms with Crippen LogP contribution >= 0.6 is 0 Å². The van der Waals surface area contributed by atoms with Gasteiger partial charge in [-0.25, -0.2) is 4.98 Å². The molecule has 0 radical (unpaired) electrons. The Kier molecular flexibility index (Phi) is 7.45. The summed E-state index contributed by atoms with van der Waals surface area (Å²) < 4.78 is 0. The molecule has 1 aliphatic heterocycles. The van der Waals surface area contributed by atoms with Crippen molar-refractivity contribution < 1.29 is 14.7 Å². The number of carboxylic acid groups (broad SMARTS) is 1. The summed E-state index contributed by atoms with van der Waals surface area (Å²) in [6.45, 7) is 2.33. The van der Waals surface area contributed by atoms with E-state index in [0.717, 1.165) is 51.0 Å². The molecule has 1 aliphatic rings. The number of carbonyl (C=O) groups is 2. The molecule has 0 unspecified atom stereocenters. The number of carboxylic acids is 1. The first-order chi connectivity index (χ1) is 11.7. The van der Waals surface area contributed by atoms with Gasteiger partial charge in [-0.1, -0.05) is 12.8 Å². The second kappa shape index (κ2) is 9.85. The van der Waals surface area contributed by atoms with Crippen LogP contribution in [0.5, 0.6) is 0 Å². The number of unbranched alkanes of at least 4 members (excludes halogenated alkanes) is 3. The van der Waals surface area contributed by atoms with Crippen LogP contribution in [0.3, 0.4) is 0 Å². The lowest BCUT2D eigenvalue weighted by atomic mass is 9.96.